The zero-order valence-electron chi connectivity index (χ0n) is 12.7. The van der Waals surface area contributed by atoms with Crippen molar-refractivity contribution < 1.29 is 4.42 Å². The number of oxazole rings is 1. The number of benzene rings is 1. The number of anilines is 1. The van der Waals surface area contributed by atoms with Crippen LogP contribution in [0.2, 0.25) is 0 Å². The van der Waals surface area contributed by atoms with E-state index in [1.165, 1.54) is 19.3 Å². The molecule has 4 rings (SSSR count). The van der Waals surface area contributed by atoms with Crippen LogP contribution in [0.25, 0.3) is 22.7 Å². The lowest BCUT2D eigenvalue weighted by molar-refractivity contribution is 0.569. The third-order valence-electron chi connectivity index (χ3n) is 4.16. The quantitative estimate of drug-likeness (QED) is 0.721. The van der Waals surface area contributed by atoms with E-state index in [0.29, 0.717) is 17.2 Å². The third kappa shape index (κ3) is 2.64. The molecule has 0 saturated carbocycles. The van der Waals surface area contributed by atoms with Crippen molar-refractivity contribution in [2.75, 3.05) is 18.0 Å². The molecule has 0 amide bonds. The van der Waals surface area contributed by atoms with E-state index in [0.717, 1.165) is 30.0 Å². The smallest absolute Gasteiger partial charge is 0.249 e. The molecule has 5 heteroatoms. The van der Waals surface area contributed by atoms with Crippen molar-refractivity contribution in [3.05, 3.63) is 42.0 Å². The monoisotopic (exact) mass is 304 g/mol. The number of nitriles is 1. The zero-order valence-corrected chi connectivity index (χ0v) is 12.7. The Hall–Kier alpha value is -2.87. The van der Waals surface area contributed by atoms with Crippen molar-refractivity contribution in [3.8, 4) is 17.5 Å². The Morgan fingerprint density at radius 2 is 1.91 bits per heavy atom. The summed E-state index contributed by atoms with van der Waals surface area (Å²) < 4.78 is 5.83. The van der Waals surface area contributed by atoms with Gasteiger partial charge in [0.2, 0.25) is 11.6 Å². The first-order valence-electron chi connectivity index (χ1n) is 7.86. The molecule has 0 atom stereocenters. The first-order chi connectivity index (χ1) is 11.3. The van der Waals surface area contributed by atoms with E-state index < -0.39 is 0 Å². The van der Waals surface area contributed by atoms with Gasteiger partial charge in [-0.15, -0.1) is 0 Å². The van der Waals surface area contributed by atoms with Gasteiger partial charge in [-0.3, -0.25) is 0 Å². The van der Waals surface area contributed by atoms with Gasteiger partial charge in [0.05, 0.1) is 11.6 Å². The predicted molar refractivity (Wildman–Crippen MR) is 88.0 cm³/mol. The number of nitrogens with zero attached hydrogens (tertiary/aromatic N) is 4. The summed E-state index contributed by atoms with van der Waals surface area (Å²) in [6.07, 6.45) is 3.71. The Morgan fingerprint density at radius 3 is 2.74 bits per heavy atom. The first kappa shape index (κ1) is 13.8. The van der Waals surface area contributed by atoms with Gasteiger partial charge in [0.1, 0.15) is 11.3 Å². The second kappa shape index (κ2) is 5.73. The molecule has 3 aromatic rings. The van der Waals surface area contributed by atoms with Gasteiger partial charge in [-0.2, -0.15) is 10.2 Å². The first-order valence-corrected chi connectivity index (χ1v) is 7.86. The maximum atomic E-state index is 9.01. The molecule has 1 aliphatic rings. The van der Waals surface area contributed by atoms with Gasteiger partial charge in [0, 0.05) is 18.7 Å². The maximum Gasteiger partial charge on any atom is 0.249 e. The van der Waals surface area contributed by atoms with E-state index in [9.17, 15) is 0 Å². The molecular weight excluding hydrogens is 288 g/mol. The molecule has 0 aliphatic carbocycles. The molecule has 0 radical (unpaired) electrons. The molecule has 0 N–H and O–H groups in total. The molecule has 0 bridgehead atoms. The van der Waals surface area contributed by atoms with Crippen LogP contribution < -0.4 is 4.90 Å². The minimum Gasteiger partial charge on any atom is -0.418 e. The Bertz CT molecular complexity index is 887. The number of pyridine rings is 1. The lowest BCUT2D eigenvalue weighted by Crippen LogP contribution is -2.29. The molecule has 0 spiro atoms. The predicted octanol–water partition coefficient (Wildman–Crippen LogP) is 3.75. The topological polar surface area (TPSA) is 66.0 Å². The van der Waals surface area contributed by atoms with Crippen LogP contribution >= 0.6 is 0 Å². The van der Waals surface area contributed by atoms with Crippen molar-refractivity contribution in [1.82, 2.24) is 9.97 Å². The van der Waals surface area contributed by atoms with Crippen LogP contribution in [-0.4, -0.2) is 23.1 Å². The molecule has 114 valence electrons. The average molecular weight is 304 g/mol. The Balaban J connectivity index is 1.71. The Morgan fingerprint density at radius 1 is 1.04 bits per heavy atom. The highest BCUT2D eigenvalue weighted by molar-refractivity contribution is 5.75. The fraction of sp³-hybridized carbons (Fsp3) is 0.278. The molecule has 1 fully saturated rings. The zero-order chi connectivity index (χ0) is 15.6. The van der Waals surface area contributed by atoms with Crippen LogP contribution in [0, 0.1) is 11.3 Å². The van der Waals surface area contributed by atoms with Crippen LogP contribution in [0.5, 0.6) is 0 Å². The molecule has 1 saturated heterocycles. The summed E-state index contributed by atoms with van der Waals surface area (Å²) in [7, 11) is 0. The molecule has 1 aliphatic heterocycles. The molecule has 2 aromatic heterocycles. The fourth-order valence-electron chi connectivity index (χ4n) is 2.95. The summed E-state index contributed by atoms with van der Waals surface area (Å²) in [5.41, 5.74) is 2.67. The highest BCUT2D eigenvalue weighted by Gasteiger charge is 2.15. The number of piperidine rings is 1. The Kier molecular flexibility index (Phi) is 3.43. The van der Waals surface area contributed by atoms with Gasteiger partial charge in [-0.1, -0.05) is 6.07 Å². The number of fused-ring (bicyclic) bond motifs is 1. The van der Waals surface area contributed by atoms with Crippen molar-refractivity contribution in [2.45, 2.75) is 19.3 Å². The van der Waals surface area contributed by atoms with Crippen LogP contribution in [0.1, 0.15) is 24.8 Å². The van der Waals surface area contributed by atoms with Gasteiger partial charge in [-0.25, -0.2) is 4.98 Å². The molecule has 1 aromatic carbocycles. The highest BCUT2D eigenvalue weighted by Crippen LogP contribution is 2.26. The van der Waals surface area contributed by atoms with E-state index in [-0.39, 0.29) is 0 Å². The minimum absolute atomic E-state index is 0.500. The van der Waals surface area contributed by atoms with Crippen LogP contribution in [0.15, 0.2) is 40.8 Å². The second-order valence-corrected chi connectivity index (χ2v) is 5.75. The van der Waals surface area contributed by atoms with Crippen molar-refractivity contribution >= 4 is 17.0 Å². The van der Waals surface area contributed by atoms with E-state index in [1.807, 2.05) is 24.3 Å². The standard InChI is InChI=1S/C18H16N4O/c19-12-13-5-4-6-14(11-13)17-20-15-7-8-16(21-18(15)23-17)22-9-2-1-3-10-22/h4-8,11H,1-3,9-10H2. The van der Waals surface area contributed by atoms with E-state index in [2.05, 4.69) is 20.9 Å². The summed E-state index contributed by atoms with van der Waals surface area (Å²) in [4.78, 5) is 11.4. The summed E-state index contributed by atoms with van der Waals surface area (Å²) in [5.74, 6) is 1.45. The van der Waals surface area contributed by atoms with Crippen LogP contribution in [0.4, 0.5) is 5.82 Å². The SMILES string of the molecule is N#Cc1cccc(-c2nc3ccc(N4CCCCC4)nc3o2)c1. The van der Waals surface area contributed by atoms with Gasteiger partial charge in [0.25, 0.3) is 0 Å². The second-order valence-electron chi connectivity index (χ2n) is 5.75. The minimum atomic E-state index is 0.500. The van der Waals surface area contributed by atoms with Crippen molar-refractivity contribution in [1.29, 1.82) is 5.26 Å². The average Bonchev–Trinajstić information content (AvgIpc) is 3.06. The van der Waals surface area contributed by atoms with Gasteiger partial charge < -0.3 is 9.32 Å². The third-order valence-corrected chi connectivity index (χ3v) is 4.16. The van der Waals surface area contributed by atoms with E-state index >= 15 is 0 Å². The molecular formula is C18H16N4O. The van der Waals surface area contributed by atoms with Crippen molar-refractivity contribution in [3.63, 3.8) is 0 Å². The van der Waals surface area contributed by atoms with Gasteiger partial charge >= 0.3 is 0 Å². The number of rotatable bonds is 2. The lowest BCUT2D eigenvalue weighted by Gasteiger charge is -2.27. The molecule has 23 heavy (non-hydrogen) atoms. The molecule has 3 heterocycles. The number of aromatic nitrogens is 2. The lowest BCUT2D eigenvalue weighted by atomic mass is 10.1. The van der Waals surface area contributed by atoms with Crippen LogP contribution in [0.3, 0.4) is 0 Å². The van der Waals surface area contributed by atoms with E-state index in [1.54, 1.807) is 12.1 Å². The van der Waals surface area contributed by atoms with E-state index in [4.69, 9.17) is 9.68 Å². The van der Waals surface area contributed by atoms with Crippen LogP contribution in [-0.2, 0) is 0 Å². The Labute approximate surface area is 134 Å². The molecule has 5 nitrogen and oxygen atoms in total. The van der Waals surface area contributed by atoms with Gasteiger partial charge in [-0.05, 0) is 49.6 Å². The summed E-state index contributed by atoms with van der Waals surface area (Å²) >= 11 is 0. The molecule has 0 unspecified atom stereocenters. The van der Waals surface area contributed by atoms with Crippen molar-refractivity contribution in [2.24, 2.45) is 0 Å². The fourth-order valence-corrected chi connectivity index (χ4v) is 2.95. The summed E-state index contributed by atoms with van der Waals surface area (Å²) in [6.45, 7) is 2.09. The summed E-state index contributed by atoms with van der Waals surface area (Å²) in [5, 5.41) is 9.01. The summed E-state index contributed by atoms with van der Waals surface area (Å²) in [6, 6.07) is 13.3. The normalized spacial score (nSPS) is 14.8. The largest absolute Gasteiger partial charge is 0.418 e. The highest BCUT2D eigenvalue weighted by atomic mass is 16.4. The number of hydrogen-bond donors (Lipinski definition) is 0. The van der Waals surface area contributed by atoms with Gasteiger partial charge in [0.15, 0.2) is 0 Å². The number of hydrogen-bond acceptors (Lipinski definition) is 5. The maximum absolute atomic E-state index is 9.01.